The van der Waals surface area contributed by atoms with Crippen molar-refractivity contribution in [2.75, 3.05) is 11.9 Å². The molecule has 1 N–H and O–H groups in total. The maximum Gasteiger partial charge on any atom is 0.408 e. The molecule has 21 heavy (non-hydrogen) atoms. The van der Waals surface area contributed by atoms with Crippen molar-refractivity contribution in [1.29, 1.82) is 0 Å². The molecule has 2 aliphatic heterocycles. The van der Waals surface area contributed by atoms with E-state index in [-0.39, 0.29) is 30.6 Å². The molecule has 1 aromatic heterocycles. The van der Waals surface area contributed by atoms with Crippen LogP contribution < -0.4 is 10.9 Å². The van der Waals surface area contributed by atoms with E-state index < -0.39 is 12.2 Å². The van der Waals surface area contributed by atoms with Crippen LogP contribution in [0.3, 0.4) is 0 Å². The molecule has 1 fully saturated rings. The van der Waals surface area contributed by atoms with Gasteiger partial charge in [0.05, 0.1) is 11.8 Å². The summed E-state index contributed by atoms with van der Waals surface area (Å²) in [4.78, 5) is 16.1. The van der Waals surface area contributed by atoms with Gasteiger partial charge in [0.15, 0.2) is 0 Å². The Balaban J connectivity index is 1.83. The van der Waals surface area contributed by atoms with Gasteiger partial charge in [-0.15, -0.1) is 0 Å². The van der Waals surface area contributed by atoms with Crippen LogP contribution >= 0.6 is 0 Å². The molecule has 0 amide bonds. The van der Waals surface area contributed by atoms with E-state index in [1.165, 1.54) is 10.6 Å². The molecular weight excluding hydrogens is 287 g/mol. The zero-order chi connectivity index (χ0) is 15.0. The van der Waals surface area contributed by atoms with Crippen molar-refractivity contribution in [2.45, 2.75) is 50.6 Å². The largest absolute Gasteiger partial charge is 0.408 e. The molecule has 3 rings (SSSR count). The minimum atomic E-state index is -4.34. The van der Waals surface area contributed by atoms with Crippen LogP contribution in [0.25, 0.3) is 0 Å². The van der Waals surface area contributed by atoms with E-state index in [1.54, 1.807) is 0 Å². The van der Waals surface area contributed by atoms with Crippen molar-refractivity contribution in [1.82, 2.24) is 9.55 Å². The summed E-state index contributed by atoms with van der Waals surface area (Å²) in [6, 6.07) is -0.261. The summed E-state index contributed by atoms with van der Waals surface area (Å²) < 4.78 is 45.0. The van der Waals surface area contributed by atoms with Gasteiger partial charge in [0.1, 0.15) is 6.04 Å². The quantitative estimate of drug-likeness (QED) is 0.904. The maximum atomic E-state index is 12.8. The number of hydrogen-bond donors (Lipinski definition) is 1. The summed E-state index contributed by atoms with van der Waals surface area (Å²) in [5, 5.41) is 2.33. The number of nitrogens with zero attached hydrogens (tertiary/aromatic N) is 2. The molecule has 0 saturated carbocycles. The third kappa shape index (κ3) is 3.04. The predicted molar refractivity (Wildman–Crippen MR) is 69.3 cm³/mol. The van der Waals surface area contributed by atoms with Crippen LogP contribution in [0.15, 0.2) is 10.9 Å². The molecule has 2 aliphatic rings. The number of aromatic nitrogens is 2. The first kappa shape index (κ1) is 14.4. The van der Waals surface area contributed by atoms with E-state index >= 15 is 0 Å². The lowest BCUT2D eigenvalue weighted by molar-refractivity contribution is -0.145. The molecule has 0 aromatic carbocycles. The molecule has 0 aliphatic carbocycles. The van der Waals surface area contributed by atoms with E-state index in [0.717, 1.165) is 12.8 Å². The molecule has 3 heterocycles. The zero-order valence-electron chi connectivity index (χ0n) is 11.3. The normalized spacial score (nSPS) is 25.5. The number of nitrogens with one attached hydrogen (secondary N) is 1. The van der Waals surface area contributed by atoms with Crippen molar-refractivity contribution in [3.05, 3.63) is 22.1 Å². The summed E-state index contributed by atoms with van der Waals surface area (Å²) >= 11 is 0. The molecule has 2 atom stereocenters. The second-order valence-corrected chi connectivity index (χ2v) is 5.43. The third-order valence-electron chi connectivity index (χ3n) is 3.86. The van der Waals surface area contributed by atoms with Gasteiger partial charge in [-0.1, -0.05) is 0 Å². The third-order valence-corrected chi connectivity index (χ3v) is 3.86. The fourth-order valence-corrected chi connectivity index (χ4v) is 2.75. The fraction of sp³-hybridized carbons (Fsp3) is 0.692. The van der Waals surface area contributed by atoms with Gasteiger partial charge in [-0.05, 0) is 19.3 Å². The highest BCUT2D eigenvalue weighted by Gasteiger charge is 2.42. The number of anilines is 1. The Labute approximate surface area is 119 Å². The van der Waals surface area contributed by atoms with Crippen LogP contribution in [-0.4, -0.2) is 34.5 Å². The smallest absolute Gasteiger partial charge is 0.378 e. The lowest BCUT2D eigenvalue weighted by Crippen LogP contribution is -2.44. The summed E-state index contributed by atoms with van der Waals surface area (Å²) in [6.45, 7) is 0.710. The van der Waals surface area contributed by atoms with Crippen molar-refractivity contribution in [2.24, 2.45) is 0 Å². The number of rotatable bonds is 2. The standard InChI is InChI=1S/C13H16F3N3O2/c14-13(15,16)10-3-4-19-11(20)7-8(17-12(19)18-10)6-9-2-1-5-21-9/h7,9-10H,1-6H2,(H,17,18). The Kier molecular flexibility index (Phi) is 3.64. The van der Waals surface area contributed by atoms with Crippen LogP contribution in [0, 0.1) is 0 Å². The second kappa shape index (κ2) is 5.32. The summed E-state index contributed by atoms with van der Waals surface area (Å²) in [5.74, 6) is 0.00377. The molecule has 0 spiro atoms. The maximum absolute atomic E-state index is 12.8. The molecule has 0 bridgehead atoms. The summed E-state index contributed by atoms with van der Waals surface area (Å²) in [7, 11) is 0. The average molecular weight is 303 g/mol. The Bertz CT molecular complexity index is 579. The minimum Gasteiger partial charge on any atom is -0.378 e. The van der Waals surface area contributed by atoms with Gasteiger partial charge in [-0.3, -0.25) is 9.36 Å². The highest BCUT2D eigenvalue weighted by Crippen LogP contribution is 2.28. The number of halogens is 3. The highest BCUT2D eigenvalue weighted by molar-refractivity contribution is 5.32. The van der Waals surface area contributed by atoms with E-state index in [1.807, 2.05) is 0 Å². The predicted octanol–water partition coefficient (Wildman–Crippen LogP) is 1.71. The van der Waals surface area contributed by atoms with Gasteiger partial charge >= 0.3 is 6.18 Å². The number of alkyl halides is 3. The van der Waals surface area contributed by atoms with Gasteiger partial charge in [-0.2, -0.15) is 13.2 Å². The van der Waals surface area contributed by atoms with Crippen LogP contribution in [-0.2, 0) is 17.7 Å². The molecule has 116 valence electrons. The monoisotopic (exact) mass is 303 g/mol. The Morgan fingerprint density at radius 2 is 2.24 bits per heavy atom. The van der Waals surface area contributed by atoms with Crippen LogP contribution in [0.2, 0.25) is 0 Å². The molecule has 1 aromatic rings. The zero-order valence-corrected chi connectivity index (χ0v) is 11.3. The van der Waals surface area contributed by atoms with E-state index in [0.29, 0.717) is 18.7 Å². The van der Waals surface area contributed by atoms with Gasteiger partial charge in [0, 0.05) is 25.6 Å². The van der Waals surface area contributed by atoms with E-state index in [4.69, 9.17) is 4.74 Å². The lowest BCUT2D eigenvalue weighted by Gasteiger charge is -2.29. The van der Waals surface area contributed by atoms with Gasteiger partial charge in [0.25, 0.3) is 5.56 Å². The first-order valence-electron chi connectivity index (χ1n) is 6.99. The van der Waals surface area contributed by atoms with Gasteiger partial charge in [0.2, 0.25) is 5.95 Å². The van der Waals surface area contributed by atoms with Crippen molar-refractivity contribution >= 4 is 5.95 Å². The Morgan fingerprint density at radius 1 is 1.43 bits per heavy atom. The minimum absolute atomic E-state index is 0.00181. The van der Waals surface area contributed by atoms with Crippen molar-refractivity contribution in [3.8, 4) is 0 Å². The summed E-state index contributed by atoms with van der Waals surface area (Å²) in [5.41, 5.74) is 0.162. The molecule has 0 radical (unpaired) electrons. The van der Waals surface area contributed by atoms with Crippen LogP contribution in [0.5, 0.6) is 0 Å². The highest BCUT2D eigenvalue weighted by atomic mass is 19.4. The van der Waals surface area contributed by atoms with E-state index in [9.17, 15) is 18.0 Å². The molecule has 2 unspecified atom stereocenters. The SMILES string of the molecule is O=c1cc(CC2CCCO2)nc2n1CCC(C(F)(F)F)N2. The Morgan fingerprint density at radius 3 is 2.90 bits per heavy atom. The van der Waals surface area contributed by atoms with Crippen LogP contribution in [0.1, 0.15) is 25.0 Å². The molecule has 8 heteroatoms. The number of fused-ring (bicyclic) bond motifs is 1. The Hall–Kier alpha value is -1.57. The molecular formula is C13H16F3N3O2. The van der Waals surface area contributed by atoms with Crippen molar-refractivity contribution in [3.63, 3.8) is 0 Å². The second-order valence-electron chi connectivity index (χ2n) is 5.43. The summed E-state index contributed by atoms with van der Waals surface area (Å²) in [6.07, 6.45) is -2.19. The van der Waals surface area contributed by atoms with Gasteiger partial charge < -0.3 is 10.1 Å². The topological polar surface area (TPSA) is 56.1 Å². The molecule has 1 saturated heterocycles. The molecule has 5 nitrogen and oxygen atoms in total. The number of hydrogen-bond acceptors (Lipinski definition) is 4. The van der Waals surface area contributed by atoms with Gasteiger partial charge in [-0.25, -0.2) is 4.98 Å². The fourth-order valence-electron chi connectivity index (χ4n) is 2.75. The number of ether oxygens (including phenoxy) is 1. The van der Waals surface area contributed by atoms with Crippen molar-refractivity contribution < 1.29 is 17.9 Å². The van der Waals surface area contributed by atoms with Crippen LogP contribution in [0.4, 0.5) is 19.1 Å². The van der Waals surface area contributed by atoms with E-state index in [2.05, 4.69) is 10.3 Å². The average Bonchev–Trinajstić information content (AvgIpc) is 2.90. The lowest BCUT2D eigenvalue weighted by atomic mass is 10.1. The first-order chi connectivity index (χ1) is 9.93. The first-order valence-corrected chi connectivity index (χ1v) is 6.99.